The summed E-state index contributed by atoms with van der Waals surface area (Å²) >= 11 is 3.35. The van der Waals surface area contributed by atoms with Crippen LogP contribution in [0, 0.1) is 0 Å². The molecule has 0 spiro atoms. The zero-order chi connectivity index (χ0) is 11.0. The van der Waals surface area contributed by atoms with Crippen LogP contribution in [0.2, 0.25) is 0 Å². The van der Waals surface area contributed by atoms with Gasteiger partial charge in [-0.05, 0) is 15.9 Å². The molecule has 0 aliphatic carbocycles. The second kappa shape index (κ2) is 3.96. The summed E-state index contributed by atoms with van der Waals surface area (Å²) in [6, 6.07) is 0. The molecule has 1 fully saturated rings. The van der Waals surface area contributed by atoms with E-state index in [-0.39, 0.29) is 0 Å². The molecule has 4 N–H and O–H groups in total. The van der Waals surface area contributed by atoms with E-state index in [0.29, 0.717) is 18.8 Å². The van der Waals surface area contributed by atoms with Crippen LogP contribution in [-0.2, 0) is 0 Å². The molecule has 1 saturated heterocycles. The zero-order valence-corrected chi connectivity index (χ0v) is 9.55. The molecule has 0 radical (unpaired) electrons. The Morgan fingerprint density at radius 2 is 1.93 bits per heavy atom. The third-order valence-electron chi connectivity index (χ3n) is 2.48. The number of nitrogens with zero attached hydrogens (tertiary/aromatic N) is 2. The Bertz CT molecular complexity index is 344. The van der Waals surface area contributed by atoms with Gasteiger partial charge in [-0.15, -0.1) is 0 Å². The number of rotatable bonds is 1. The van der Waals surface area contributed by atoms with E-state index in [9.17, 15) is 10.2 Å². The maximum absolute atomic E-state index is 9.45. The minimum Gasteiger partial charge on any atom is -0.396 e. The highest BCUT2D eigenvalue weighted by atomic mass is 79.9. The molecule has 1 aromatic heterocycles. The maximum atomic E-state index is 9.45. The number of aliphatic hydroxyl groups excluding tert-OH is 2. The van der Waals surface area contributed by atoms with Gasteiger partial charge in [0.2, 0.25) is 0 Å². The van der Waals surface area contributed by atoms with E-state index in [1.807, 2.05) is 4.90 Å². The highest BCUT2D eigenvalue weighted by Crippen LogP contribution is 2.33. The van der Waals surface area contributed by atoms with Crippen LogP contribution in [-0.4, -0.2) is 40.5 Å². The zero-order valence-electron chi connectivity index (χ0n) is 7.97. The number of β-amino-alcohol motifs (C(OH)–C–C–N with tert-alkyl or cyclic N) is 2. The molecule has 1 aliphatic rings. The van der Waals surface area contributed by atoms with Gasteiger partial charge in [0.05, 0.1) is 34.3 Å². The number of anilines is 2. The van der Waals surface area contributed by atoms with Gasteiger partial charge in [0, 0.05) is 19.3 Å². The van der Waals surface area contributed by atoms with Crippen LogP contribution in [0.25, 0.3) is 0 Å². The largest absolute Gasteiger partial charge is 0.396 e. The number of aliphatic hydroxyl groups is 2. The standard InChI is InChI=1S/C9H12BrN3O2/c10-5-1-12-2-6(11)9(5)13-3-7(14)8(15)4-13/h1-2,7-8,14-15H,3-4,11H2. The Kier molecular flexibility index (Phi) is 2.81. The first-order valence-electron chi connectivity index (χ1n) is 4.59. The molecule has 2 rings (SSSR count). The summed E-state index contributed by atoms with van der Waals surface area (Å²) < 4.78 is 0.767. The van der Waals surface area contributed by atoms with E-state index in [2.05, 4.69) is 20.9 Å². The van der Waals surface area contributed by atoms with E-state index in [4.69, 9.17) is 5.73 Å². The van der Waals surface area contributed by atoms with Gasteiger partial charge in [-0.2, -0.15) is 0 Å². The lowest BCUT2D eigenvalue weighted by atomic mass is 10.3. The third-order valence-corrected chi connectivity index (χ3v) is 3.06. The predicted octanol–water partition coefficient (Wildman–Crippen LogP) is -0.0319. The van der Waals surface area contributed by atoms with Crippen molar-refractivity contribution < 1.29 is 10.2 Å². The lowest BCUT2D eigenvalue weighted by Crippen LogP contribution is -2.22. The van der Waals surface area contributed by atoms with Crippen molar-refractivity contribution in [1.29, 1.82) is 0 Å². The predicted molar refractivity (Wildman–Crippen MR) is 60.6 cm³/mol. The summed E-state index contributed by atoms with van der Waals surface area (Å²) in [5.74, 6) is 0. The van der Waals surface area contributed by atoms with Crippen LogP contribution in [0.3, 0.4) is 0 Å². The van der Waals surface area contributed by atoms with Crippen LogP contribution in [0.1, 0.15) is 0 Å². The lowest BCUT2D eigenvalue weighted by molar-refractivity contribution is 0.0572. The van der Waals surface area contributed by atoms with Crippen LogP contribution >= 0.6 is 15.9 Å². The fraction of sp³-hybridized carbons (Fsp3) is 0.444. The van der Waals surface area contributed by atoms with Crippen molar-refractivity contribution in [2.24, 2.45) is 0 Å². The van der Waals surface area contributed by atoms with Crippen LogP contribution < -0.4 is 10.6 Å². The third kappa shape index (κ3) is 1.92. The molecule has 0 amide bonds. The van der Waals surface area contributed by atoms with Crippen LogP contribution in [0.15, 0.2) is 16.9 Å². The van der Waals surface area contributed by atoms with Gasteiger partial charge in [0.25, 0.3) is 0 Å². The molecule has 1 aliphatic heterocycles. The Morgan fingerprint density at radius 3 is 2.47 bits per heavy atom. The van der Waals surface area contributed by atoms with Gasteiger partial charge in [0.1, 0.15) is 0 Å². The van der Waals surface area contributed by atoms with E-state index in [1.54, 1.807) is 12.4 Å². The van der Waals surface area contributed by atoms with Crippen molar-refractivity contribution in [2.75, 3.05) is 23.7 Å². The number of hydrogen-bond donors (Lipinski definition) is 3. The van der Waals surface area contributed by atoms with Gasteiger partial charge in [0.15, 0.2) is 0 Å². The van der Waals surface area contributed by atoms with E-state index < -0.39 is 12.2 Å². The molecule has 1 aromatic rings. The normalized spacial score (nSPS) is 25.9. The van der Waals surface area contributed by atoms with E-state index >= 15 is 0 Å². The fourth-order valence-electron chi connectivity index (χ4n) is 1.73. The van der Waals surface area contributed by atoms with Gasteiger partial charge in [-0.1, -0.05) is 0 Å². The maximum Gasteiger partial charge on any atom is 0.0990 e. The molecule has 15 heavy (non-hydrogen) atoms. The van der Waals surface area contributed by atoms with Crippen molar-refractivity contribution in [3.63, 3.8) is 0 Å². The van der Waals surface area contributed by atoms with Crippen LogP contribution in [0.4, 0.5) is 11.4 Å². The summed E-state index contributed by atoms with van der Waals surface area (Å²) in [5.41, 5.74) is 7.11. The smallest absolute Gasteiger partial charge is 0.0990 e. The SMILES string of the molecule is Nc1cncc(Br)c1N1CC(O)C(O)C1. The molecule has 2 unspecified atom stereocenters. The van der Waals surface area contributed by atoms with Gasteiger partial charge < -0.3 is 20.8 Å². The molecule has 82 valence electrons. The lowest BCUT2D eigenvalue weighted by Gasteiger charge is -2.20. The first-order valence-corrected chi connectivity index (χ1v) is 5.39. The van der Waals surface area contributed by atoms with E-state index in [0.717, 1.165) is 10.2 Å². The van der Waals surface area contributed by atoms with Crippen molar-refractivity contribution >= 4 is 27.3 Å². The molecule has 0 aromatic carbocycles. The Balaban J connectivity index is 2.31. The highest BCUT2D eigenvalue weighted by molar-refractivity contribution is 9.10. The summed E-state index contributed by atoms with van der Waals surface area (Å²) in [6.45, 7) is 0.766. The van der Waals surface area contributed by atoms with Gasteiger partial charge in [-0.3, -0.25) is 4.98 Å². The first-order chi connectivity index (χ1) is 7.09. The number of hydrogen-bond acceptors (Lipinski definition) is 5. The fourth-order valence-corrected chi connectivity index (χ4v) is 2.33. The second-order valence-electron chi connectivity index (χ2n) is 3.60. The Hall–Kier alpha value is -0.850. The topological polar surface area (TPSA) is 82.6 Å². The summed E-state index contributed by atoms with van der Waals surface area (Å²) in [5, 5.41) is 18.9. The minimum atomic E-state index is -0.718. The molecule has 2 heterocycles. The number of nitrogen functional groups attached to an aromatic ring is 1. The number of pyridine rings is 1. The molecule has 5 nitrogen and oxygen atoms in total. The van der Waals surface area contributed by atoms with Crippen molar-refractivity contribution in [3.8, 4) is 0 Å². The summed E-state index contributed by atoms with van der Waals surface area (Å²) in [6.07, 6.45) is 1.76. The van der Waals surface area contributed by atoms with E-state index in [1.165, 1.54) is 0 Å². The quantitative estimate of drug-likeness (QED) is 0.670. The number of aromatic nitrogens is 1. The average molecular weight is 274 g/mol. The molecular weight excluding hydrogens is 262 g/mol. The Morgan fingerprint density at radius 1 is 1.33 bits per heavy atom. The Labute approximate surface area is 95.7 Å². The number of nitrogens with two attached hydrogens (primary N) is 1. The molecule has 0 bridgehead atoms. The first kappa shape index (κ1) is 10.7. The van der Waals surface area contributed by atoms with Crippen molar-refractivity contribution in [2.45, 2.75) is 12.2 Å². The van der Waals surface area contributed by atoms with Crippen molar-refractivity contribution in [1.82, 2.24) is 4.98 Å². The van der Waals surface area contributed by atoms with Crippen LogP contribution in [0.5, 0.6) is 0 Å². The monoisotopic (exact) mass is 273 g/mol. The average Bonchev–Trinajstić information content (AvgIpc) is 2.46. The molecule has 2 atom stereocenters. The molecule has 6 heteroatoms. The minimum absolute atomic E-state index is 0.383. The highest BCUT2D eigenvalue weighted by Gasteiger charge is 2.31. The molecule has 0 saturated carbocycles. The number of halogens is 1. The summed E-state index contributed by atoms with van der Waals surface area (Å²) in [7, 11) is 0. The second-order valence-corrected chi connectivity index (χ2v) is 4.45. The summed E-state index contributed by atoms with van der Waals surface area (Å²) in [4.78, 5) is 5.77. The van der Waals surface area contributed by atoms with Gasteiger partial charge in [-0.25, -0.2) is 0 Å². The molecular formula is C9H12BrN3O2. The van der Waals surface area contributed by atoms with Crippen molar-refractivity contribution in [3.05, 3.63) is 16.9 Å². The van der Waals surface area contributed by atoms with Gasteiger partial charge >= 0.3 is 0 Å².